The van der Waals surface area contributed by atoms with E-state index < -0.39 is 6.18 Å². The molecular formula is C11H13F3O2. The fraction of sp³-hybridized carbons (Fsp3) is 0.364. The van der Waals surface area contributed by atoms with Crippen molar-refractivity contribution in [3.8, 4) is 0 Å². The highest BCUT2D eigenvalue weighted by Crippen LogP contribution is 2.10. The molecule has 1 aromatic rings. The Morgan fingerprint density at radius 3 is 2.06 bits per heavy atom. The Morgan fingerprint density at radius 1 is 1.25 bits per heavy atom. The number of ether oxygens (including phenoxy) is 1. The van der Waals surface area contributed by atoms with Crippen LogP contribution in [0.25, 0.3) is 0 Å². The largest absolute Gasteiger partial charge is 0.465 e. The Hall–Kier alpha value is -1.52. The van der Waals surface area contributed by atoms with Crippen molar-refractivity contribution < 1.29 is 22.7 Å². The van der Waals surface area contributed by atoms with Crippen LogP contribution in [0.3, 0.4) is 0 Å². The van der Waals surface area contributed by atoms with Crippen molar-refractivity contribution in [2.45, 2.75) is 20.0 Å². The number of rotatable bonds is 1. The summed E-state index contributed by atoms with van der Waals surface area (Å²) >= 11 is 0. The SMILES string of the molecule is CC(F)(F)F.COC(=O)c1ccccc1C. The Labute approximate surface area is 92.0 Å². The molecule has 0 amide bonds. The molecule has 0 unspecified atom stereocenters. The monoisotopic (exact) mass is 234 g/mol. The topological polar surface area (TPSA) is 26.3 Å². The predicted octanol–water partition coefficient (Wildman–Crippen LogP) is 3.35. The summed E-state index contributed by atoms with van der Waals surface area (Å²) < 4.78 is 35.6. The van der Waals surface area contributed by atoms with Crippen molar-refractivity contribution in [1.82, 2.24) is 0 Å². The van der Waals surface area contributed by atoms with E-state index in [1.165, 1.54) is 7.11 Å². The van der Waals surface area contributed by atoms with Crippen molar-refractivity contribution in [1.29, 1.82) is 0 Å². The fourth-order valence-corrected chi connectivity index (χ4v) is 0.912. The predicted molar refractivity (Wildman–Crippen MR) is 54.2 cm³/mol. The maximum atomic E-state index is 11.0. The number of methoxy groups -OCH3 is 1. The van der Waals surface area contributed by atoms with Crippen LogP contribution >= 0.6 is 0 Å². The molecule has 0 radical (unpaired) electrons. The van der Waals surface area contributed by atoms with Gasteiger partial charge < -0.3 is 4.74 Å². The third-order valence-electron chi connectivity index (χ3n) is 1.55. The zero-order valence-corrected chi connectivity index (χ0v) is 9.26. The first kappa shape index (κ1) is 14.5. The van der Waals surface area contributed by atoms with E-state index in [-0.39, 0.29) is 12.9 Å². The van der Waals surface area contributed by atoms with Gasteiger partial charge in [-0.1, -0.05) is 18.2 Å². The van der Waals surface area contributed by atoms with Gasteiger partial charge in [-0.25, -0.2) is 4.79 Å². The summed E-state index contributed by atoms with van der Waals surface area (Å²) in [6.07, 6.45) is -4.00. The molecule has 2 nitrogen and oxygen atoms in total. The van der Waals surface area contributed by atoms with E-state index in [0.29, 0.717) is 5.56 Å². The van der Waals surface area contributed by atoms with E-state index in [2.05, 4.69) is 4.74 Å². The van der Waals surface area contributed by atoms with Crippen molar-refractivity contribution >= 4 is 5.97 Å². The lowest BCUT2D eigenvalue weighted by Gasteiger charge is -2.00. The van der Waals surface area contributed by atoms with E-state index in [1.807, 2.05) is 25.1 Å². The van der Waals surface area contributed by atoms with Crippen LogP contribution in [0.1, 0.15) is 22.8 Å². The molecule has 0 aliphatic carbocycles. The highest BCUT2D eigenvalue weighted by atomic mass is 19.4. The highest BCUT2D eigenvalue weighted by molar-refractivity contribution is 5.90. The first-order chi connectivity index (χ1) is 7.25. The molecule has 0 fully saturated rings. The zero-order valence-electron chi connectivity index (χ0n) is 9.26. The first-order valence-electron chi connectivity index (χ1n) is 4.46. The standard InChI is InChI=1S/C9H10O2.C2H3F3/c1-7-5-3-4-6-8(7)9(10)11-2;1-2(3,4)5/h3-6H,1-2H3;1H3. The van der Waals surface area contributed by atoms with Crippen LogP contribution in [-0.2, 0) is 4.74 Å². The van der Waals surface area contributed by atoms with Gasteiger partial charge in [-0.05, 0) is 18.6 Å². The van der Waals surface area contributed by atoms with Gasteiger partial charge in [-0.3, -0.25) is 0 Å². The normalized spacial score (nSPS) is 10.1. The molecule has 0 aromatic heterocycles. The Balaban J connectivity index is 0.000000385. The van der Waals surface area contributed by atoms with E-state index in [9.17, 15) is 18.0 Å². The van der Waals surface area contributed by atoms with E-state index in [0.717, 1.165) is 5.56 Å². The lowest BCUT2D eigenvalue weighted by Crippen LogP contribution is -2.02. The molecule has 0 bridgehead atoms. The fourth-order valence-electron chi connectivity index (χ4n) is 0.912. The summed E-state index contributed by atoms with van der Waals surface area (Å²) in [6, 6.07) is 7.34. The number of alkyl halides is 3. The van der Waals surface area contributed by atoms with Crippen molar-refractivity contribution in [3.63, 3.8) is 0 Å². The van der Waals surface area contributed by atoms with Crippen LogP contribution in [0.2, 0.25) is 0 Å². The molecule has 0 saturated carbocycles. The number of hydrogen-bond acceptors (Lipinski definition) is 2. The van der Waals surface area contributed by atoms with Gasteiger partial charge in [0.1, 0.15) is 0 Å². The number of carbonyl (C=O) groups excluding carboxylic acids is 1. The third-order valence-corrected chi connectivity index (χ3v) is 1.55. The van der Waals surface area contributed by atoms with Crippen LogP contribution in [0.4, 0.5) is 13.2 Å². The van der Waals surface area contributed by atoms with Crippen molar-refractivity contribution in [2.75, 3.05) is 7.11 Å². The van der Waals surface area contributed by atoms with E-state index >= 15 is 0 Å². The summed E-state index contributed by atoms with van der Waals surface area (Å²) in [5.41, 5.74) is 1.58. The second kappa shape index (κ2) is 6.15. The van der Waals surface area contributed by atoms with Gasteiger partial charge in [0.15, 0.2) is 0 Å². The summed E-state index contributed by atoms with van der Waals surface area (Å²) in [6.45, 7) is 2.07. The van der Waals surface area contributed by atoms with Crippen LogP contribution < -0.4 is 0 Å². The van der Waals surface area contributed by atoms with Gasteiger partial charge in [0.2, 0.25) is 0 Å². The smallest absolute Gasteiger partial charge is 0.386 e. The zero-order chi connectivity index (χ0) is 12.8. The molecular weight excluding hydrogens is 221 g/mol. The number of halogens is 3. The molecule has 0 aliphatic rings. The molecule has 16 heavy (non-hydrogen) atoms. The first-order valence-corrected chi connectivity index (χ1v) is 4.46. The van der Waals surface area contributed by atoms with Gasteiger partial charge in [0, 0.05) is 6.92 Å². The molecule has 0 heterocycles. The Kier molecular flexibility index (Phi) is 5.56. The lowest BCUT2D eigenvalue weighted by atomic mass is 10.1. The summed E-state index contributed by atoms with van der Waals surface area (Å²) in [5.74, 6) is -0.275. The average molecular weight is 234 g/mol. The third kappa shape index (κ3) is 6.86. The summed E-state index contributed by atoms with van der Waals surface area (Å²) in [7, 11) is 1.38. The van der Waals surface area contributed by atoms with Gasteiger partial charge in [0.25, 0.3) is 0 Å². The summed E-state index contributed by atoms with van der Waals surface area (Å²) in [5, 5.41) is 0. The molecule has 0 N–H and O–H groups in total. The number of benzene rings is 1. The van der Waals surface area contributed by atoms with E-state index in [1.54, 1.807) is 6.07 Å². The Morgan fingerprint density at radius 2 is 1.69 bits per heavy atom. The summed E-state index contributed by atoms with van der Waals surface area (Å²) in [4.78, 5) is 11.0. The van der Waals surface area contributed by atoms with Crippen LogP contribution in [0.15, 0.2) is 24.3 Å². The lowest BCUT2D eigenvalue weighted by molar-refractivity contribution is -0.110. The van der Waals surface area contributed by atoms with Crippen molar-refractivity contribution in [2.24, 2.45) is 0 Å². The second-order valence-electron chi connectivity index (χ2n) is 3.09. The Bertz CT molecular complexity index is 339. The van der Waals surface area contributed by atoms with Gasteiger partial charge in [-0.2, -0.15) is 13.2 Å². The van der Waals surface area contributed by atoms with Gasteiger partial charge in [-0.15, -0.1) is 0 Å². The molecule has 0 spiro atoms. The van der Waals surface area contributed by atoms with Crippen LogP contribution in [0, 0.1) is 6.92 Å². The molecule has 0 atom stereocenters. The molecule has 5 heteroatoms. The van der Waals surface area contributed by atoms with Crippen LogP contribution in [0.5, 0.6) is 0 Å². The number of esters is 1. The number of aryl methyl sites for hydroxylation is 1. The maximum absolute atomic E-state index is 11.0. The minimum absolute atomic E-state index is 0.188. The molecule has 0 saturated heterocycles. The molecule has 0 aliphatic heterocycles. The average Bonchev–Trinajstić information content (AvgIpc) is 2.15. The maximum Gasteiger partial charge on any atom is 0.386 e. The van der Waals surface area contributed by atoms with Gasteiger partial charge >= 0.3 is 12.1 Å². The molecule has 1 rings (SSSR count). The van der Waals surface area contributed by atoms with E-state index in [4.69, 9.17) is 0 Å². The second-order valence-corrected chi connectivity index (χ2v) is 3.09. The number of hydrogen-bond donors (Lipinski definition) is 0. The minimum Gasteiger partial charge on any atom is -0.465 e. The van der Waals surface area contributed by atoms with Crippen molar-refractivity contribution in [3.05, 3.63) is 35.4 Å². The number of carbonyl (C=O) groups is 1. The highest BCUT2D eigenvalue weighted by Gasteiger charge is 2.15. The minimum atomic E-state index is -4.00. The quantitative estimate of drug-likeness (QED) is 0.696. The molecule has 90 valence electrons. The molecule has 1 aromatic carbocycles. The van der Waals surface area contributed by atoms with Gasteiger partial charge in [0.05, 0.1) is 12.7 Å². The van der Waals surface area contributed by atoms with Crippen LogP contribution in [-0.4, -0.2) is 19.3 Å².